The average molecular weight is 195 g/mol. The molecule has 0 radical (unpaired) electrons. The fourth-order valence-corrected chi connectivity index (χ4v) is 1.44. The predicted molar refractivity (Wildman–Crippen MR) is 55.2 cm³/mol. The topological polar surface area (TPSA) is 31.2 Å². The first-order valence-electron chi connectivity index (χ1n) is 4.96. The first-order chi connectivity index (χ1) is 6.65. The highest BCUT2D eigenvalue weighted by Crippen LogP contribution is 2.11. The molecule has 1 aromatic heterocycles. The lowest BCUT2D eigenvalue weighted by molar-refractivity contribution is -0.142. The average Bonchev–Trinajstić information content (AvgIpc) is 2.52. The Hall–Kier alpha value is -1.25. The van der Waals surface area contributed by atoms with Crippen LogP contribution in [0.1, 0.15) is 32.5 Å². The summed E-state index contributed by atoms with van der Waals surface area (Å²) in [5, 5.41) is 0. The Bertz CT molecular complexity index is 302. The van der Waals surface area contributed by atoms with Crippen molar-refractivity contribution < 1.29 is 9.53 Å². The largest absolute Gasteiger partial charge is 0.466 e. The molecular weight excluding hydrogens is 178 g/mol. The Kier molecular flexibility index (Phi) is 3.74. The third kappa shape index (κ3) is 2.62. The number of hydrogen-bond donors (Lipinski definition) is 0. The summed E-state index contributed by atoms with van der Waals surface area (Å²) in [7, 11) is 0. The van der Waals surface area contributed by atoms with Crippen LogP contribution in [-0.2, 0) is 16.0 Å². The second-order valence-corrected chi connectivity index (χ2v) is 3.48. The molecule has 0 aliphatic rings. The monoisotopic (exact) mass is 195 g/mol. The molecule has 0 saturated heterocycles. The van der Waals surface area contributed by atoms with Gasteiger partial charge < -0.3 is 9.30 Å². The summed E-state index contributed by atoms with van der Waals surface area (Å²) >= 11 is 0. The molecule has 3 heteroatoms. The molecule has 0 fully saturated rings. The molecule has 0 atom stereocenters. The molecule has 3 nitrogen and oxygen atoms in total. The first-order valence-corrected chi connectivity index (χ1v) is 4.96. The maximum absolute atomic E-state index is 11.2. The van der Waals surface area contributed by atoms with E-state index in [1.165, 1.54) is 0 Å². The third-order valence-corrected chi connectivity index (χ3v) is 2.05. The standard InChI is InChI=1S/C11H17NO2/c1-4-14-11(13)8-10-6-5-7-12(10)9(2)3/h5-7,9H,4,8H2,1-3H3. The van der Waals surface area contributed by atoms with Crippen LogP contribution in [0.3, 0.4) is 0 Å². The fraction of sp³-hybridized carbons (Fsp3) is 0.545. The fourth-order valence-electron chi connectivity index (χ4n) is 1.44. The van der Waals surface area contributed by atoms with E-state index in [0.717, 1.165) is 5.69 Å². The van der Waals surface area contributed by atoms with E-state index in [9.17, 15) is 4.79 Å². The molecule has 0 aromatic carbocycles. The van der Waals surface area contributed by atoms with Gasteiger partial charge in [0.2, 0.25) is 0 Å². The van der Waals surface area contributed by atoms with Gasteiger partial charge in [0.1, 0.15) is 0 Å². The van der Waals surface area contributed by atoms with Crippen LogP contribution in [0, 0.1) is 0 Å². The normalized spacial score (nSPS) is 10.6. The van der Waals surface area contributed by atoms with Gasteiger partial charge in [-0.1, -0.05) is 0 Å². The van der Waals surface area contributed by atoms with Gasteiger partial charge in [-0.15, -0.1) is 0 Å². The van der Waals surface area contributed by atoms with Gasteiger partial charge in [-0.25, -0.2) is 0 Å². The molecule has 0 bridgehead atoms. The van der Waals surface area contributed by atoms with Gasteiger partial charge in [0.15, 0.2) is 0 Å². The van der Waals surface area contributed by atoms with Crippen LogP contribution in [0.15, 0.2) is 18.3 Å². The molecule has 0 saturated carbocycles. The third-order valence-electron chi connectivity index (χ3n) is 2.05. The highest BCUT2D eigenvalue weighted by Gasteiger charge is 2.09. The van der Waals surface area contributed by atoms with Crippen LogP contribution in [0.5, 0.6) is 0 Å². The Morgan fingerprint density at radius 1 is 1.57 bits per heavy atom. The molecule has 1 heterocycles. The Balaban J connectivity index is 2.66. The van der Waals surface area contributed by atoms with Crippen molar-refractivity contribution >= 4 is 5.97 Å². The number of ether oxygens (including phenoxy) is 1. The van der Waals surface area contributed by atoms with Crippen LogP contribution in [-0.4, -0.2) is 17.1 Å². The van der Waals surface area contributed by atoms with E-state index < -0.39 is 0 Å². The molecule has 0 spiro atoms. The minimum Gasteiger partial charge on any atom is -0.466 e. The number of esters is 1. The van der Waals surface area contributed by atoms with E-state index in [1.807, 2.05) is 25.3 Å². The maximum atomic E-state index is 11.2. The van der Waals surface area contributed by atoms with E-state index in [4.69, 9.17) is 4.74 Å². The lowest BCUT2D eigenvalue weighted by Crippen LogP contribution is -2.12. The van der Waals surface area contributed by atoms with E-state index in [2.05, 4.69) is 18.4 Å². The van der Waals surface area contributed by atoms with Crippen molar-refractivity contribution in [2.75, 3.05) is 6.61 Å². The van der Waals surface area contributed by atoms with Crippen LogP contribution in [0.4, 0.5) is 0 Å². The molecule has 14 heavy (non-hydrogen) atoms. The molecule has 0 aliphatic carbocycles. The molecule has 78 valence electrons. The van der Waals surface area contributed by atoms with Crippen molar-refractivity contribution in [2.24, 2.45) is 0 Å². The van der Waals surface area contributed by atoms with Gasteiger partial charge in [0.05, 0.1) is 13.0 Å². The van der Waals surface area contributed by atoms with Crippen LogP contribution in [0.25, 0.3) is 0 Å². The smallest absolute Gasteiger partial charge is 0.311 e. The minimum absolute atomic E-state index is 0.159. The molecule has 0 N–H and O–H groups in total. The second-order valence-electron chi connectivity index (χ2n) is 3.48. The number of rotatable bonds is 4. The van der Waals surface area contributed by atoms with Gasteiger partial charge in [0.25, 0.3) is 0 Å². The highest BCUT2D eigenvalue weighted by atomic mass is 16.5. The lowest BCUT2D eigenvalue weighted by Gasteiger charge is -2.12. The quantitative estimate of drug-likeness (QED) is 0.689. The number of hydrogen-bond acceptors (Lipinski definition) is 2. The Morgan fingerprint density at radius 3 is 2.86 bits per heavy atom. The van der Waals surface area contributed by atoms with Gasteiger partial charge in [-0.2, -0.15) is 0 Å². The van der Waals surface area contributed by atoms with Gasteiger partial charge in [-0.05, 0) is 32.9 Å². The molecule has 0 aliphatic heterocycles. The summed E-state index contributed by atoms with van der Waals surface area (Å²) in [5.41, 5.74) is 1.01. The molecular formula is C11H17NO2. The van der Waals surface area contributed by atoms with Crippen molar-refractivity contribution in [1.82, 2.24) is 4.57 Å². The van der Waals surface area contributed by atoms with Crippen molar-refractivity contribution in [3.05, 3.63) is 24.0 Å². The molecule has 1 rings (SSSR count). The number of carbonyl (C=O) groups is 1. The van der Waals surface area contributed by atoms with Crippen molar-refractivity contribution in [3.8, 4) is 0 Å². The first kappa shape index (κ1) is 10.8. The van der Waals surface area contributed by atoms with Crippen molar-refractivity contribution in [1.29, 1.82) is 0 Å². The maximum Gasteiger partial charge on any atom is 0.311 e. The molecule has 1 aromatic rings. The highest BCUT2D eigenvalue weighted by molar-refractivity contribution is 5.72. The molecule has 0 unspecified atom stereocenters. The Labute approximate surface area is 84.7 Å². The lowest BCUT2D eigenvalue weighted by atomic mass is 10.3. The number of aromatic nitrogens is 1. The van der Waals surface area contributed by atoms with Crippen LogP contribution in [0.2, 0.25) is 0 Å². The number of nitrogens with zero attached hydrogens (tertiary/aromatic N) is 1. The summed E-state index contributed by atoms with van der Waals surface area (Å²) in [4.78, 5) is 11.2. The zero-order valence-electron chi connectivity index (χ0n) is 8.99. The zero-order valence-corrected chi connectivity index (χ0v) is 8.99. The van der Waals surface area contributed by atoms with Gasteiger partial charge >= 0.3 is 5.97 Å². The van der Waals surface area contributed by atoms with E-state index in [1.54, 1.807) is 0 Å². The summed E-state index contributed by atoms with van der Waals surface area (Å²) < 4.78 is 6.98. The zero-order chi connectivity index (χ0) is 10.6. The SMILES string of the molecule is CCOC(=O)Cc1cccn1C(C)C. The van der Waals surface area contributed by atoms with Crippen LogP contribution >= 0.6 is 0 Å². The van der Waals surface area contributed by atoms with Crippen molar-refractivity contribution in [3.63, 3.8) is 0 Å². The summed E-state index contributed by atoms with van der Waals surface area (Å²) in [6.45, 7) is 6.45. The second kappa shape index (κ2) is 4.84. The van der Waals surface area contributed by atoms with E-state index >= 15 is 0 Å². The number of carbonyl (C=O) groups excluding carboxylic acids is 1. The van der Waals surface area contributed by atoms with Gasteiger partial charge in [0, 0.05) is 17.9 Å². The Morgan fingerprint density at radius 2 is 2.29 bits per heavy atom. The van der Waals surface area contributed by atoms with E-state index in [-0.39, 0.29) is 5.97 Å². The van der Waals surface area contributed by atoms with Gasteiger partial charge in [-0.3, -0.25) is 4.79 Å². The minimum atomic E-state index is -0.159. The van der Waals surface area contributed by atoms with Crippen LogP contribution < -0.4 is 0 Å². The summed E-state index contributed by atoms with van der Waals surface area (Å²) in [6, 6.07) is 4.29. The van der Waals surface area contributed by atoms with E-state index in [0.29, 0.717) is 19.1 Å². The molecule has 0 amide bonds. The predicted octanol–water partition coefficient (Wildman–Crippen LogP) is 2.17. The summed E-state index contributed by atoms with van der Waals surface area (Å²) in [5.74, 6) is -0.159. The summed E-state index contributed by atoms with van der Waals surface area (Å²) in [6.07, 6.45) is 2.35. The van der Waals surface area contributed by atoms with Crippen molar-refractivity contribution in [2.45, 2.75) is 33.2 Å².